The van der Waals surface area contributed by atoms with E-state index < -0.39 is 11.9 Å². The van der Waals surface area contributed by atoms with E-state index in [4.69, 9.17) is 39.9 Å². The number of carbonyl (C=O) groups is 2. The molecule has 1 aromatic carbocycles. The first-order valence-corrected chi connectivity index (χ1v) is 6.67. The topological polar surface area (TPSA) is 79.3 Å². The van der Waals surface area contributed by atoms with Gasteiger partial charge in [-0.15, -0.1) is 0 Å². The third-order valence-corrected chi connectivity index (χ3v) is 3.37. The first kappa shape index (κ1) is 15.6. The number of carboxylic acids is 1. The molecule has 5 nitrogen and oxygen atoms in total. The van der Waals surface area contributed by atoms with E-state index in [1.54, 1.807) is 0 Å². The zero-order chi connectivity index (χ0) is 15.6. The van der Waals surface area contributed by atoms with Crippen LogP contribution >= 0.6 is 34.8 Å². The number of carboxylic acid groups (broad SMARTS) is 1. The summed E-state index contributed by atoms with van der Waals surface area (Å²) in [4.78, 5) is 27.1. The molecule has 21 heavy (non-hydrogen) atoms. The number of carbonyl (C=O) groups excluding carboxylic acids is 1. The van der Waals surface area contributed by atoms with Gasteiger partial charge in [-0.2, -0.15) is 0 Å². The minimum Gasteiger partial charge on any atom is -0.478 e. The maximum Gasteiger partial charge on any atom is 0.339 e. The number of halogens is 3. The molecule has 1 heterocycles. The van der Waals surface area contributed by atoms with E-state index in [1.807, 2.05) is 0 Å². The van der Waals surface area contributed by atoms with Crippen molar-refractivity contribution in [1.82, 2.24) is 4.98 Å². The number of hydrogen-bond donors (Lipinski definition) is 2. The molecular formula is C13H7Cl3N2O3. The van der Waals surface area contributed by atoms with Crippen molar-refractivity contribution >= 4 is 52.4 Å². The average molecular weight is 346 g/mol. The largest absolute Gasteiger partial charge is 0.478 e. The number of amides is 1. The Morgan fingerprint density at radius 2 is 1.86 bits per heavy atom. The van der Waals surface area contributed by atoms with E-state index in [0.717, 1.165) is 0 Å². The standard InChI is InChI=1S/C13H7Cl3N2O3/c14-7-2-1-3-9(11(7)13(20)21)18-12(19)6-4-10(16)17-5-8(6)15/h1-5H,(H,18,19)(H,20,21). The zero-order valence-corrected chi connectivity index (χ0v) is 12.5. The van der Waals surface area contributed by atoms with Gasteiger partial charge in [-0.05, 0) is 18.2 Å². The lowest BCUT2D eigenvalue weighted by atomic mass is 10.1. The van der Waals surface area contributed by atoms with Gasteiger partial charge in [-0.3, -0.25) is 4.79 Å². The summed E-state index contributed by atoms with van der Waals surface area (Å²) < 4.78 is 0. The van der Waals surface area contributed by atoms with E-state index in [9.17, 15) is 9.59 Å². The van der Waals surface area contributed by atoms with Gasteiger partial charge in [0, 0.05) is 6.20 Å². The van der Waals surface area contributed by atoms with E-state index in [1.165, 1.54) is 30.5 Å². The molecular weight excluding hydrogens is 339 g/mol. The summed E-state index contributed by atoms with van der Waals surface area (Å²) in [6.45, 7) is 0. The minimum absolute atomic E-state index is 0.0131. The highest BCUT2D eigenvalue weighted by molar-refractivity contribution is 6.36. The molecule has 1 aromatic heterocycles. The molecule has 2 aromatic rings. The Bertz CT molecular complexity index is 735. The molecule has 2 N–H and O–H groups in total. The van der Waals surface area contributed by atoms with Crippen LogP contribution in [0.25, 0.3) is 0 Å². The van der Waals surface area contributed by atoms with Crippen LogP contribution in [0.15, 0.2) is 30.5 Å². The first-order valence-electron chi connectivity index (χ1n) is 5.54. The number of rotatable bonds is 3. The highest BCUT2D eigenvalue weighted by Gasteiger charge is 2.18. The van der Waals surface area contributed by atoms with Crippen molar-refractivity contribution in [3.05, 3.63) is 56.8 Å². The van der Waals surface area contributed by atoms with Crippen LogP contribution in [-0.4, -0.2) is 22.0 Å². The molecule has 8 heteroatoms. The number of hydrogen-bond acceptors (Lipinski definition) is 3. The van der Waals surface area contributed by atoms with Crippen LogP contribution in [-0.2, 0) is 0 Å². The molecule has 0 bridgehead atoms. The molecule has 108 valence electrons. The van der Waals surface area contributed by atoms with Crippen molar-refractivity contribution in [2.24, 2.45) is 0 Å². The molecule has 0 atom stereocenters. The Morgan fingerprint density at radius 1 is 1.14 bits per heavy atom. The number of pyridine rings is 1. The average Bonchev–Trinajstić information content (AvgIpc) is 2.41. The highest BCUT2D eigenvalue weighted by Crippen LogP contribution is 2.26. The smallest absolute Gasteiger partial charge is 0.339 e. The van der Waals surface area contributed by atoms with Gasteiger partial charge in [0.1, 0.15) is 10.7 Å². The van der Waals surface area contributed by atoms with Gasteiger partial charge in [0.15, 0.2) is 0 Å². The Kier molecular flexibility index (Phi) is 4.67. The fourth-order valence-electron chi connectivity index (χ4n) is 1.62. The maximum absolute atomic E-state index is 12.2. The molecule has 1 amide bonds. The highest BCUT2D eigenvalue weighted by atomic mass is 35.5. The molecule has 0 radical (unpaired) electrons. The van der Waals surface area contributed by atoms with Crippen LogP contribution in [0.2, 0.25) is 15.2 Å². The van der Waals surface area contributed by atoms with Crippen LogP contribution < -0.4 is 5.32 Å². The summed E-state index contributed by atoms with van der Waals surface area (Å²) in [5.41, 5.74) is -0.0687. The molecule has 0 saturated heterocycles. The second-order valence-electron chi connectivity index (χ2n) is 3.91. The Hall–Kier alpha value is -1.82. The van der Waals surface area contributed by atoms with Gasteiger partial charge in [-0.25, -0.2) is 9.78 Å². The number of benzene rings is 1. The summed E-state index contributed by atoms with van der Waals surface area (Å²) in [6.07, 6.45) is 1.23. The number of aromatic carboxylic acids is 1. The number of anilines is 1. The van der Waals surface area contributed by atoms with Gasteiger partial charge >= 0.3 is 5.97 Å². The van der Waals surface area contributed by atoms with Crippen molar-refractivity contribution < 1.29 is 14.7 Å². The molecule has 0 aliphatic rings. The second-order valence-corrected chi connectivity index (χ2v) is 5.11. The summed E-state index contributed by atoms with van der Waals surface area (Å²) in [7, 11) is 0. The van der Waals surface area contributed by atoms with Crippen LogP contribution in [0, 0.1) is 0 Å². The normalized spacial score (nSPS) is 10.2. The SMILES string of the molecule is O=C(Nc1cccc(Cl)c1C(=O)O)c1cc(Cl)ncc1Cl. The predicted molar refractivity (Wildman–Crippen MR) is 80.6 cm³/mol. The molecule has 0 spiro atoms. The first-order chi connectivity index (χ1) is 9.90. The van der Waals surface area contributed by atoms with Crippen molar-refractivity contribution in [3.63, 3.8) is 0 Å². The molecule has 0 saturated carbocycles. The summed E-state index contributed by atoms with van der Waals surface area (Å²) >= 11 is 17.4. The lowest BCUT2D eigenvalue weighted by Gasteiger charge is -2.10. The maximum atomic E-state index is 12.2. The fraction of sp³-hybridized carbons (Fsp3) is 0. The van der Waals surface area contributed by atoms with Crippen molar-refractivity contribution in [2.75, 3.05) is 5.32 Å². The molecule has 2 rings (SSSR count). The molecule has 0 aliphatic carbocycles. The number of aromatic nitrogens is 1. The van der Waals surface area contributed by atoms with Gasteiger partial charge in [0.05, 0.1) is 21.3 Å². The van der Waals surface area contributed by atoms with Gasteiger partial charge < -0.3 is 10.4 Å². The third-order valence-electron chi connectivity index (χ3n) is 2.54. The summed E-state index contributed by atoms with van der Waals surface area (Å²) in [5.74, 6) is -1.87. The fourth-order valence-corrected chi connectivity index (χ4v) is 2.22. The van der Waals surface area contributed by atoms with Gasteiger partial charge in [-0.1, -0.05) is 40.9 Å². The van der Waals surface area contributed by atoms with Crippen LogP contribution in [0.3, 0.4) is 0 Å². The van der Waals surface area contributed by atoms with Gasteiger partial charge in [0.25, 0.3) is 5.91 Å². The summed E-state index contributed by atoms with van der Waals surface area (Å²) in [5, 5.41) is 11.8. The molecule has 0 aliphatic heterocycles. The monoisotopic (exact) mass is 344 g/mol. The van der Waals surface area contributed by atoms with E-state index in [2.05, 4.69) is 10.3 Å². The molecule has 0 unspecified atom stereocenters. The minimum atomic E-state index is -1.25. The predicted octanol–water partition coefficient (Wildman–Crippen LogP) is 3.99. The Morgan fingerprint density at radius 3 is 2.52 bits per heavy atom. The Balaban J connectivity index is 2.39. The van der Waals surface area contributed by atoms with E-state index in [-0.39, 0.29) is 32.0 Å². The van der Waals surface area contributed by atoms with Crippen molar-refractivity contribution in [3.8, 4) is 0 Å². The van der Waals surface area contributed by atoms with Crippen molar-refractivity contribution in [2.45, 2.75) is 0 Å². The van der Waals surface area contributed by atoms with E-state index >= 15 is 0 Å². The third kappa shape index (κ3) is 3.44. The van der Waals surface area contributed by atoms with Crippen LogP contribution in [0.5, 0.6) is 0 Å². The van der Waals surface area contributed by atoms with Crippen LogP contribution in [0.4, 0.5) is 5.69 Å². The number of nitrogens with zero attached hydrogens (tertiary/aromatic N) is 1. The molecule has 0 fully saturated rings. The summed E-state index contributed by atoms with van der Waals surface area (Å²) in [6, 6.07) is 5.64. The zero-order valence-electron chi connectivity index (χ0n) is 10.2. The van der Waals surface area contributed by atoms with Crippen molar-refractivity contribution in [1.29, 1.82) is 0 Å². The van der Waals surface area contributed by atoms with Crippen LogP contribution in [0.1, 0.15) is 20.7 Å². The second kappa shape index (κ2) is 6.30. The lowest BCUT2D eigenvalue weighted by molar-refractivity contribution is 0.0698. The van der Waals surface area contributed by atoms with Gasteiger partial charge in [0.2, 0.25) is 0 Å². The quantitative estimate of drug-likeness (QED) is 0.824. The lowest BCUT2D eigenvalue weighted by Crippen LogP contribution is -2.15. The van der Waals surface area contributed by atoms with E-state index in [0.29, 0.717) is 0 Å². The number of nitrogens with one attached hydrogen (secondary N) is 1. The Labute approximate surface area is 134 Å².